The van der Waals surface area contributed by atoms with Crippen LogP contribution in [0.15, 0.2) is 36.5 Å². The van der Waals surface area contributed by atoms with E-state index < -0.39 is 11.0 Å². The van der Waals surface area contributed by atoms with Crippen molar-refractivity contribution in [2.75, 3.05) is 6.61 Å². The van der Waals surface area contributed by atoms with E-state index in [-0.39, 0.29) is 19.0 Å². The standard InChI is InChI=1S/C14H17N3O4/c1-11-15-7-14(17(19)20)16(11)8-13(18)10-21-9-12-5-3-2-4-6-12/h2-7,13,18H,8-10H2,1H3/t13-/m1/s1. The van der Waals surface area contributed by atoms with Gasteiger partial charge in [-0.05, 0) is 10.5 Å². The highest BCUT2D eigenvalue weighted by molar-refractivity contribution is 5.18. The highest BCUT2D eigenvalue weighted by Crippen LogP contribution is 2.14. The molecule has 0 aliphatic carbocycles. The van der Waals surface area contributed by atoms with Crippen LogP contribution in [-0.4, -0.2) is 32.3 Å². The smallest absolute Gasteiger partial charge is 0.342 e. The molecule has 0 amide bonds. The Labute approximate surface area is 122 Å². The molecule has 0 saturated carbocycles. The molecule has 0 aliphatic rings. The number of aromatic nitrogens is 2. The van der Waals surface area contributed by atoms with Gasteiger partial charge in [0.1, 0.15) is 18.8 Å². The zero-order chi connectivity index (χ0) is 15.2. The maximum Gasteiger partial charge on any atom is 0.342 e. The van der Waals surface area contributed by atoms with Crippen LogP contribution >= 0.6 is 0 Å². The van der Waals surface area contributed by atoms with Gasteiger partial charge in [0.25, 0.3) is 0 Å². The number of aryl methyl sites for hydroxylation is 1. The van der Waals surface area contributed by atoms with Crippen molar-refractivity contribution >= 4 is 5.82 Å². The Kier molecular flexibility index (Phi) is 5.02. The zero-order valence-corrected chi connectivity index (χ0v) is 11.7. The third-order valence-electron chi connectivity index (χ3n) is 3.04. The summed E-state index contributed by atoms with van der Waals surface area (Å²) in [5.41, 5.74) is 1.01. The van der Waals surface area contributed by atoms with Gasteiger partial charge < -0.3 is 20.0 Å². The van der Waals surface area contributed by atoms with Crippen molar-refractivity contribution in [2.24, 2.45) is 0 Å². The number of aliphatic hydroxyl groups excluding tert-OH is 1. The SMILES string of the molecule is Cc1ncc([N+](=O)[O-])n1C[C@@H](O)COCc1ccccc1. The van der Waals surface area contributed by atoms with Crippen LogP contribution in [0.3, 0.4) is 0 Å². The summed E-state index contributed by atoms with van der Waals surface area (Å²) < 4.78 is 6.79. The number of hydrogen-bond acceptors (Lipinski definition) is 5. The van der Waals surface area contributed by atoms with Crippen molar-refractivity contribution in [3.8, 4) is 0 Å². The molecule has 2 aromatic rings. The Morgan fingerprint density at radius 1 is 1.43 bits per heavy atom. The van der Waals surface area contributed by atoms with Crippen molar-refractivity contribution in [3.05, 3.63) is 58.0 Å². The van der Waals surface area contributed by atoms with E-state index in [0.717, 1.165) is 5.56 Å². The number of nitrogens with zero attached hydrogens (tertiary/aromatic N) is 3. The van der Waals surface area contributed by atoms with Crippen molar-refractivity contribution < 1.29 is 14.8 Å². The molecule has 1 heterocycles. The topological polar surface area (TPSA) is 90.4 Å². The lowest BCUT2D eigenvalue weighted by Gasteiger charge is -2.11. The van der Waals surface area contributed by atoms with E-state index >= 15 is 0 Å². The highest BCUT2D eigenvalue weighted by Gasteiger charge is 2.20. The van der Waals surface area contributed by atoms with E-state index in [1.165, 1.54) is 10.8 Å². The van der Waals surface area contributed by atoms with Crippen LogP contribution < -0.4 is 0 Å². The lowest BCUT2D eigenvalue weighted by molar-refractivity contribution is -0.392. The van der Waals surface area contributed by atoms with Crippen LogP contribution in [0, 0.1) is 17.0 Å². The van der Waals surface area contributed by atoms with E-state index in [9.17, 15) is 15.2 Å². The first-order valence-corrected chi connectivity index (χ1v) is 6.54. The van der Waals surface area contributed by atoms with Gasteiger partial charge in [-0.15, -0.1) is 0 Å². The zero-order valence-electron chi connectivity index (χ0n) is 11.7. The van der Waals surface area contributed by atoms with Crippen LogP contribution in [0.2, 0.25) is 0 Å². The predicted molar refractivity (Wildman–Crippen MR) is 75.7 cm³/mol. The summed E-state index contributed by atoms with van der Waals surface area (Å²) in [4.78, 5) is 14.2. The first-order chi connectivity index (χ1) is 10.1. The lowest BCUT2D eigenvalue weighted by Crippen LogP contribution is -2.23. The Morgan fingerprint density at radius 3 is 2.81 bits per heavy atom. The summed E-state index contributed by atoms with van der Waals surface area (Å²) in [6.45, 7) is 2.23. The molecule has 7 heteroatoms. The Balaban J connectivity index is 1.86. The highest BCUT2D eigenvalue weighted by atomic mass is 16.6. The fraction of sp³-hybridized carbons (Fsp3) is 0.357. The molecule has 0 saturated heterocycles. The molecule has 7 nitrogen and oxygen atoms in total. The minimum absolute atomic E-state index is 0.0803. The van der Waals surface area contributed by atoms with Gasteiger partial charge in [0.15, 0.2) is 5.82 Å². The second kappa shape index (κ2) is 6.96. The molecule has 21 heavy (non-hydrogen) atoms. The number of benzene rings is 1. The molecule has 0 unspecified atom stereocenters. The molecule has 1 N–H and O–H groups in total. The summed E-state index contributed by atoms with van der Waals surface area (Å²) in [5.74, 6) is 0.360. The average molecular weight is 291 g/mol. The summed E-state index contributed by atoms with van der Waals surface area (Å²) in [6.07, 6.45) is 0.354. The molecule has 0 bridgehead atoms. The summed E-state index contributed by atoms with van der Waals surface area (Å²) in [5, 5.41) is 20.8. The summed E-state index contributed by atoms with van der Waals surface area (Å²) in [7, 11) is 0. The number of hydrogen-bond donors (Lipinski definition) is 1. The van der Waals surface area contributed by atoms with Gasteiger partial charge in [-0.3, -0.25) is 0 Å². The molecule has 112 valence electrons. The van der Waals surface area contributed by atoms with Crippen LogP contribution in [-0.2, 0) is 17.9 Å². The minimum Gasteiger partial charge on any atom is -0.387 e. The number of rotatable bonds is 7. The van der Waals surface area contributed by atoms with Gasteiger partial charge in [-0.25, -0.2) is 9.55 Å². The van der Waals surface area contributed by atoms with Crippen molar-refractivity contribution in [3.63, 3.8) is 0 Å². The monoisotopic (exact) mass is 291 g/mol. The Hall–Kier alpha value is -2.25. The predicted octanol–water partition coefficient (Wildman–Crippen LogP) is 1.68. The van der Waals surface area contributed by atoms with Gasteiger partial charge in [-0.1, -0.05) is 30.3 Å². The quantitative estimate of drug-likeness (QED) is 0.619. The summed E-state index contributed by atoms with van der Waals surface area (Å²) in [6, 6.07) is 9.59. The largest absolute Gasteiger partial charge is 0.387 e. The summed E-state index contributed by atoms with van der Waals surface area (Å²) >= 11 is 0. The Morgan fingerprint density at radius 2 is 2.14 bits per heavy atom. The van der Waals surface area contributed by atoms with E-state index in [1.54, 1.807) is 6.92 Å². The molecular formula is C14H17N3O4. The van der Waals surface area contributed by atoms with Crippen LogP contribution in [0.1, 0.15) is 11.4 Å². The molecule has 0 spiro atoms. The first-order valence-electron chi connectivity index (χ1n) is 6.54. The number of imidazole rings is 1. The van der Waals surface area contributed by atoms with Gasteiger partial charge in [-0.2, -0.15) is 0 Å². The number of nitro groups is 1. The van der Waals surface area contributed by atoms with E-state index in [0.29, 0.717) is 12.4 Å². The van der Waals surface area contributed by atoms with Crippen molar-refractivity contribution in [1.29, 1.82) is 0 Å². The Bertz CT molecular complexity index is 598. The third kappa shape index (κ3) is 4.11. The second-order valence-corrected chi connectivity index (χ2v) is 4.69. The van der Waals surface area contributed by atoms with Crippen LogP contribution in [0.25, 0.3) is 0 Å². The first kappa shape index (κ1) is 15.1. The maximum atomic E-state index is 10.8. The maximum absolute atomic E-state index is 10.8. The van der Waals surface area contributed by atoms with E-state index in [4.69, 9.17) is 4.74 Å². The van der Waals surface area contributed by atoms with Crippen molar-refractivity contribution in [1.82, 2.24) is 9.55 Å². The van der Waals surface area contributed by atoms with Crippen LogP contribution in [0.5, 0.6) is 0 Å². The second-order valence-electron chi connectivity index (χ2n) is 4.69. The molecule has 1 atom stereocenters. The van der Waals surface area contributed by atoms with Crippen molar-refractivity contribution in [2.45, 2.75) is 26.2 Å². The average Bonchev–Trinajstić information content (AvgIpc) is 2.81. The molecule has 0 radical (unpaired) electrons. The van der Waals surface area contributed by atoms with Gasteiger partial charge >= 0.3 is 5.82 Å². The lowest BCUT2D eigenvalue weighted by atomic mass is 10.2. The molecule has 1 aromatic heterocycles. The molecule has 1 aromatic carbocycles. The normalized spacial score (nSPS) is 12.3. The third-order valence-corrected chi connectivity index (χ3v) is 3.04. The van der Waals surface area contributed by atoms with E-state index in [1.807, 2.05) is 30.3 Å². The number of aliphatic hydroxyl groups is 1. The fourth-order valence-electron chi connectivity index (χ4n) is 1.98. The number of ether oxygens (including phenoxy) is 1. The molecule has 0 aliphatic heterocycles. The van der Waals surface area contributed by atoms with Gasteiger partial charge in [0, 0.05) is 6.92 Å². The molecular weight excluding hydrogens is 274 g/mol. The minimum atomic E-state index is -0.833. The molecule has 0 fully saturated rings. The van der Waals surface area contributed by atoms with Gasteiger partial charge in [0.2, 0.25) is 0 Å². The molecule has 2 rings (SSSR count). The van der Waals surface area contributed by atoms with E-state index in [2.05, 4.69) is 4.98 Å². The van der Waals surface area contributed by atoms with Crippen LogP contribution in [0.4, 0.5) is 5.82 Å². The van der Waals surface area contributed by atoms with Gasteiger partial charge in [0.05, 0.1) is 13.2 Å². The fourth-order valence-corrected chi connectivity index (χ4v) is 1.98.